The van der Waals surface area contributed by atoms with Crippen molar-refractivity contribution in [1.82, 2.24) is 25.1 Å². The molecule has 1 unspecified atom stereocenters. The first-order valence-electron chi connectivity index (χ1n) is 11.9. The highest BCUT2D eigenvalue weighted by molar-refractivity contribution is 6.04. The molecule has 2 fully saturated rings. The van der Waals surface area contributed by atoms with Crippen molar-refractivity contribution >= 4 is 23.0 Å². The number of carboxylic acid groups (broad SMARTS) is 1. The summed E-state index contributed by atoms with van der Waals surface area (Å²) in [6.07, 6.45) is 4.28. The maximum Gasteiger partial charge on any atom is 0.407 e. The van der Waals surface area contributed by atoms with E-state index in [9.17, 15) is 14.7 Å². The van der Waals surface area contributed by atoms with Gasteiger partial charge in [0.2, 0.25) is 0 Å². The van der Waals surface area contributed by atoms with E-state index in [1.807, 2.05) is 18.2 Å². The Morgan fingerprint density at radius 3 is 2.69 bits per heavy atom. The number of carbonyl (C=O) groups excluding carboxylic acids is 1. The lowest BCUT2D eigenvalue weighted by Crippen LogP contribution is -2.50. The van der Waals surface area contributed by atoms with Gasteiger partial charge in [0.1, 0.15) is 11.3 Å². The minimum absolute atomic E-state index is 0.0702. The number of imidazole rings is 1. The average molecular weight is 442 g/mol. The van der Waals surface area contributed by atoms with E-state index in [2.05, 4.69) is 34.0 Å². The molecule has 1 aromatic carbocycles. The number of carbonyl (C=O) groups is 2. The summed E-state index contributed by atoms with van der Waals surface area (Å²) < 4.78 is 0. The molecule has 0 spiro atoms. The van der Waals surface area contributed by atoms with Crippen LogP contribution in [0.5, 0.6) is 0 Å². The number of H-pyrrole nitrogens is 1. The molecule has 32 heavy (non-hydrogen) atoms. The molecular formula is C24H35N5O3. The summed E-state index contributed by atoms with van der Waals surface area (Å²) in [5.74, 6) is 1.55. The standard InChI is InChI=1S/C24H35N5O3/c1-16(2)22-26-20-8-5-7-19(21(20)27-22)23(30)25-14-17-9-12-28(13-10-17)15-18-6-3-4-11-29(18)24(31)32/h5,7-8,16-18H,3-4,6,9-15H2,1-2H3,(H,25,30)(H,26,27)(H,31,32). The number of likely N-dealkylation sites (tertiary alicyclic amines) is 2. The van der Waals surface area contributed by atoms with Crippen molar-refractivity contribution in [1.29, 1.82) is 0 Å². The third kappa shape index (κ3) is 5.06. The molecule has 2 aliphatic rings. The van der Waals surface area contributed by atoms with Crippen LogP contribution in [-0.2, 0) is 0 Å². The first kappa shape index (κ1) is 22.6. The fourth-order valence-electron chi connectivity index (χ4n) is 4.95. The van der Waals surface area contributed by atoms with Gasteiger partial charge in [-0.3, -0.25) is 4.79 Å². The number of fused-ring (bicyclic) bond motifs is 1. The zero-order chi connectivity index (χ0) is 22.7. The van der Waals surface area contributed by atoms with Crippen LogP contribution in [0.2, 0.25) is 0 Å². The highest BCUT2D eigenvalue weighted by Crippen LogP contribution is 2.23. The summed E-state index contributed by atoms with van der Waals surface area (Å²) in [6, 6.07) is 5.80. The Morgan fingerprint density at radius 1 is 1.19 bits per heavy atom. The van der Waals surface area contributed by atoms with Crippen molar-refractivity contribution in [3.63, 3.8) is 0 Å². The van der Waals surface area contributed by atoms with Gasteiger partial charge >= 0.3 is 6.09 Å². The Morgan fingerprint density at radius 2 is 1.97 bits per heavy atom. The molecule has 2 aliphatic heterocycles. The van der Waals surface area contributed by atoms with Crippen LogP contribution in [0.1, 0.15) is 68.1 Å². The third-order valence-corrected chi connectivity index (χ3v) is 6.92. The predicted octanol–water partition coefficient (Wildman–Crippen LogP) is 3.66. The van der Waals surface area contributed by atoms with Gasteiger partial charge in [0.25, 0.3) is 5.91 Å². The molecular weight excluding hydrogens is 406 g/mol. The van der Waals surface area contributed by atoms with Crippen LogP contribution in [0, 0.1) is 5.92 Å². The highest BCUT2D eigenvalue weighted by atomic mass is 16.4. The number of aromatic amines is 1. The molecule has 0 saturated carbocycles. The van der Waals surface area contributed by atoms with E-state index in [1.165, 1.54) is 0 Å². The quantitative estimate of drug-likeness (QED) is 0.635. The average Bonchev–Trinajstić information content (AvgIpc) is 3.23. The molecule has 0 radical (unpaired) electrons. The van der Waals surface area contributed by atoms with Crippen LogP contribution in [-0.4, -0.2) is 75.6 Å². The van der Waals surface area contributed by atoms with E-state index in [0.717, 1.165) is 68.6 Å². The number of nitrogens with one attached hydrogen (secondary N) is 2. The largest absolute Gasteiger partial charge is 0.465 e. The molecule has 0 bridgehead atoms. The van der Waals surface area contributed by atoms with Gasteiger partial charge in [-0.05, 0) is 63.2 Å². The molecule has 1 aromatic heterocycles. The highest BCUT2D eigenvalue weighted by Gasteiger charge is 2.29. The van der Waals surface area contributed by atoms with Crippen molar-refractivity contribution in [2.24, 2.45) is 5.92 Å². The Kier molecular flexibility index (Phi) is 6.98. The van der Waals surface area contributed by atoms with Gasteiger partial charge in [-0.1, -0.05) is 19.9 Å². The number of benzene rings is 1. The maximum atomic E-state index is 12.9. The maximum absolute atomic E-state index is 12.9. The van der Waals surface area contributed by atoms with Crippen LogP contribution in [0.15, 0.2) is 18.2 Å². The molecule has 2 amide bonds. The van der Waals surface area contributed by atoms with Crippen LogP contribution in [0.4, 0.5) is 4.79 Å². The summed E-state index contributed by atoms with van der Waals surface area (Å²) in [7, 11) is 0. The zero-order valence-corrected chi connectivity index (χ0v) is 19.1. The van der Waals surface area contributed by atoms with Gasteiger partial charge in [0.15, 0.2) is 0 Å². The molecule has 1 atom stereocenters. The van der Waals surface area contributed by atoms with Gasteiger partial charge in [-0.15, -0.1) is 0 Å². The molecule has 3 heterocycles. The summed E-state index contributed by atoms with van der Waals surface area (Å²) in [5, 5.41) is 12.6. The predicted molar refractivity (Wildman–Crippen MR) is 124 cm³/mol. The SMILES string of the molecule is CC(C)c1nc2c(C(=O)NCC3CCN(CC4CCCCN4C(=O)O)CC3)cccc2[nH]1. The lowest BCUT2D eigenvalue weighted by molar-refractivity contribution is 0.0760. The topological polar surface area (TPSA) is 102 Å². The Bertz CT molecular complexity index is 948. The van der Waals surface area contributed by atoms with Crippen LogP contribution in [0.25, 0.3) is 11.0 Å². The Labute approximate surface area is 189 Å². The molecule has 4 rings (SSSR count). The summed E-state index contributed by atoms with van der Waals surface area (Å²) in [6.45, 7) is 8.22. The van der Waals surface area contributed by atoms with Crippen molar-refractivity contribution in [3.8, 4) is 0 Å². The molecule has 2 aromatic rings. The normalized spacial score (nSPS) is 20.7. The molecule has 0 aliphatic carbocycles. The lowest BCUT2D eigenvalue weighted by atomic mass is 9.95. The van der Waals surface area contributed by atoms with Gasteiger partial charge < -0.3 is 25.2 Å². The zero-order valence-electron chi connectivity index (χ0n) is 19.1. The van der Waals surface area contributed by atoms with E-state index in [1.54, 1.807) is 4.90 Å². The Hall–Kier alpha value is -2.61. The second kappa shape index (κ2) is 9.90. The van der Waals surface area contributed by atoms with Gasteiger partial charge in [0.05, 0.1) is 11.1 Å². The van der Waals surface area contributed by atoms with Crippen LogP contribution in [0.3, 0.4) is 0 Å². The van der Waals surface area contributed by atoms with E-state index in [0.29, 0.717) is 24.6 Å². The molecule has 8 heteroatoms. The Balaban J connectivity index is 1.27. The van der Waals surface area contributed by atoms with Gasteiger partial charge in [0, 0.05) is 31.6 Å². The number of piperidine rings is 2. The first-order chi connectivity index (χ1) is 15.4. The minimum Gasteiger partial charge on any atom is -0.465 e. The van der Waals surface area contributed by atoms with E-state index < -0.39 is 6.09 Å². The number of rotatable bonds is 6. The number of aromatic nitrogens is 2. The first-order valence-corrected chi connectivity index (χ1v) is 11.9. The van der Waals surface area contributed by atoms with Crippen LogP contribution >= 0.6 is 0 Å². The van der Waals surface area contributed by atoms with Crippen molar-refractivity contribution in [2.75, 3.05) is 32.7 Å². The molecule has 8 nitrogen and oxygen atoms in total. The fraction of sp³-hybridized carbons (Fsp3) is 0.625. The smallest absolute Gasteiger partial charge is 0.407 e. The third-order valence-electron chi connectivity index (χ3n) is 6.92. The molecule has 174 valence electrons. The summed E-state index contributed by atoms with van der Waals surface area (Å²) >= 11 is 0. The monoisotopic (exact) mass is 441 g/mol. The van der Waals surface area contributed by atoms with E-state index in [-0.39, 0.29) is 17.9 Å². The molecule has 3 N–H and O–H groups in total. The van der Waals surface area contributed by atoms with Gasteiger partial charge in [-0.25, -0.2) is 9.78 Å². The fourth-order valence-corrected chi connectivity index (χ4v) is 4.95. The number of hydrogen-bond donors (Lipinski definition) is 3. The number of amides is 2. The summed E-state index contributed by atoms with van der Waals surface area (Å²) in [5.41, 5.74) is 2.25. The minimum atomic E-state index is -0.792. The second-order valence-corrected chi connectivity index (χ2v) is 9.56. The van der Waals surface area contributed by atoms with E-state index in [4.69, 9.17) is 0 Å². The summed E-state index contributed by atoms with van der Waals surface area (Å²) in [4.78, 5) is 36.3. The number of para-hydroxylation sites is 1. The number of hydrogen-bond acceptors (Lipinski definition) is 4. The van der Waals surface area contributed by atoms with Crippen molar-refractivity contribution in [2.45, 2.75) is 57.9 Å². The van der Waals surface area contributed by atoms with Crippen molar-refractivity contribution in [3.05, 3.63) is 29.6 Å². The van der Waals surface area contributed by atoms with E-state index >= 15 is 0 Å². The van der Waals surface area contributed by atoms with Gasteiger partial charge in [-0.2, -0.15) is 0 Å². The van der Waals surface area contributed by atoms with Crippen LogP contribution < -0.4 is 5.32 Å². The lowest BCUT2D eigenvalue weighted by Gasteiger charge is -2.39. The molecule has 2 saturated heterocycles. The number of nitrogens with zero attached hydrogens (tertiary/aromatic N) is 3. The van der Waals surface area contributed by atoms with Crippen molar-refractivity contribution < 1.29 is 14.7 Å². The second-order valence-electron chi connectivity index (χ2n) is 9.56.